The van der Waals surface area contributed by atoms with Crippen molar-refractivity contribution in [1.29, 1.82) is 0 Å². The number of imidazole rings is 1. The summed E-state index contributed by atoms with van der Waals surface area (Å²) in [6.07, 6.45) is 18.7. The van der Waals surface area contributed by atoms with Gasteiger partial charge in [-0.3, -0.25) is 9.78 Å². The van der Waals surface area contributed by atoms with E-state index in [1.807, 2.05) is 4.57 Å². The van der Waals surface area contributed by atoms with E-state index in [1.165, 1.54) is 51.4 Å². The number of allylic oxidation sites excluding steroid dienone is 1. The summed E-state index contributed by atoms with van der Waals surface area (Å²) in [5.74, 6) is 1.18. The molecule has 2 aromatic rings. The van der Waals surface area contributed by atoms with E-state index >= 15 is 0 Å². The molecule has 0 saturated heterocycles. The van der Waals surface area contributed by atoms with Crippen LogP contribution in [0.2, 0.25) is 0 Å². The Kier molecular flexibility index (Phi) is 13.0. The third kappa shape index (κ3) is 9.21. The molecule has 3 atom stereocenters. The van der Waals surface area contributed by atoms with Crippen LogP contribution in [0.3, 0.4) is 0 Å². The lowest BCUT2D eigenvalue weighted by Crippen LogP contribution is -2.15. The van der Waals surface area contributed by atoms with Crippen LogP contribution in [-0.2, 0) is 9.78 Å². The number of hydrogen-bond donors (Lipinski definition) is 3. The zero-order chi connectivity index (χ0) is 28.0. The van der Waals surface area contributed by atoms with Crippen molar-refractivity contribution >= 4 is 17.1 Å². The molecule has 4 N–H and O–H groups in total. The van der Waals surface area contributed by atoms with Gasteiger partial charge in [0.2, 0.25) is 5.95 Å². The Labute approximate surface area is 232 Å². The minimum atomic E-state index is -0.344. The first kappa shape index (κ1) is 30.9. The number of fused-ring (bicyclic) bond motifs is 1. The first-order valence-corrected chi connectivity index (χ1v) is 14.9. The maximum atomic E-state index is 12.2. The molecule has 9 heteroatoms. The number of rotatable bonds is 20. The molecule has 1 fully saturated rings. The van der Waals surface area contributed by atoms with Gasteiger partial charge in [-0.2, -0.15) is 9.87 Å². The molecule has 0 unspecified atom stereocenters. The third-order valence-corrected chi connectivity index (χ3v) is 8.02. The van der Waals surface area contributed by atoms with Crippen molar-refractivity contribution in [2.75, 3.05) is 18.9 Å². The summed E-state index contributed by atoms with van der Waals surface area (Å²) in [6, 6.07) is -0.0454. The van der Waals surface area contributed by atoms with Crippen LogP contribution < -0.4 is 11.3 Å². The molecule has 1 aliphatic carbocycles. The fourth-order valence-electron chi connectivity index (χ4n) is 5.74. The van der Waals surface area contributed by atoms with Gasteiger partial charge in [-0.15, -0.1) is 0 Å². The zero-order valence-electron chi connectivity index (χ0n) is 23.8. The molecule has 0 aromatic carbocycles. The molecule has 0 bridgehead atoms. The molecule has 218 valence electrons. The van der Waals surface area contributed by atoms with Crippen LogP contribution in [0.15, 0.2) is 35.6 Å². The summed E-state index contributed by atoms with van der Waals surface area (Å²) in [6.45, 7) is 11.2. The highest BCUT2D eigenvalue weighted by Gasteiger charge is 2.38. The molecule has 0 spiro atoms. The standard InChI is InChI=1S/C30H49N5O4/c1-4-5-6-7-12-15-18-38-39-22(2)16-13-10-8-9-11-14-17-24-19-26(23(3)25(24)20-36)35-21-32-27-28(35)33-30(31)34-29(27)37/h21,24-26,36H,2-20H2,1H3,(H3,31,33,34,37)/t24-,25-,26-/m0/s1. The van der Waals surface area contributed by atoms with Crippen molar-refractivity contribution in [2.24, 2.45) is 11.8 Å². The van der Waals surface area contributed by atoms with Crippen molar-refractivity contribution in [3.05, 3.63) is 41.2 Å². The molecule has 1 saturated carbocycles. The smallest absolute Gasteiger partial charge is 0.280 e. The Morgan fingerprint density at radius 1 is 1.13 bits per heavy atom. The highest BCUT2D eigenvalue weighted by molar-refractivity contribution is 5.70. The van der Waals surface area contributed by atoms with Crippen molar-refractivity contribution in [3.63, 3.8) is 0 Å². The van der Waals surface area contributed by atoms with E-state index in [9.17, 15) is 9.90 Å². The number of hydrogen-bond acceptors (Lipinski definition) is 7. The molecule has 3 rings (SSSR count). The van der Waals surface area contributed by atoms with Gasteiger partial charge in [0.1, 0.15) is 5.76 Å². The second-order valence-corrected chi connectivity index (χ2v) is 11.0. The van der Waals surface area contributed by atoms with E-state index in [0.29, 0.717) is 18.2 Å². The molecule has 9 nitrogen and oxygen atoms in total. The van der Waals surface area contributed by atoms with Crippen LogP contribution in [0, 0.1) is 11.8 Å². The quantitative estimate of drug-likeness (QED) is 0.0582. The third-order valence-electron chi connectivity index (χ3n) is 8.02. The molecule has 0 aliphatic heterocycles. The summed E-state index contributed by atoms with van der Waals surface area (Å²) in [7, 11) is 0. The van der Waals surface area contributed by atoms with E-state index in [0.717, 1.165) is 56.3 Å². The van der Waals surface area contributed by atoms with Gasteiger partial charge in [-0.25, -0.2) is 4.98 Å². The minimum Gasteiger partial charge on any atom is -0.396 e. The second-order valence-electron chi connectivity index (χ2n) is 11.0. The highest BCUT2D eigenvalue weighted by atomic mass is 17.2. The van der Waals surface area contributed by atoms with E-state index in [2.05, 4.69) is 35.0 Å². The van der Waals surface area contributed by atoms with Gasteiger partial charge < -0.3 is 20.3 Å². The summed E-state index contributed by atoms with van der Waals surface area (Å²) in [4.78, 5) is 33.8. The summed E-state index contributed by atoms with van der Waals surface area (Å²) in [5.41, 5.74) is 7.14. The molecule has 0 radical (unpaired) electrons. The van der Waals surface area contributed by atoms with E-state index in [4.69, 9.17) is 15.5 Å². The van der Waals surface area contributed by atoms with Gasteiger partial charge >= 0.3 is 0 Å². The van der Waals surface area contributed by atoms with Crippen molar-refractivity contribution in [3.8, 4) is 0 Å². The van der Waals surface area contributed by atoms with Gasteiger partial charge in [-0.1, -0.05) is 84.3 Å². The largest absolute Gasteiger partial charge is 0.396 e. The number of nitrogens with two attached hydrogens (primary N) is 1. The van der Waals surface area contributed by atoms with Crippen LogP contribution >= 0.6 is 0 Å². The Morgan fingerprint density at radius 3 is 2.56 bits per heavy atom. The molecular formula is C30H49N5O4. The van der Waals surface area contributed by atoms with E-state index in [-0.39, 0.29) is 35.6 Å². The Balaban J connectivity index is 1.28. The topological polar surface area (TPSA) is 128 Å². The number of H-pyrrole nitrogens is 1. The first-order valence-electron chi connectivity index (χ1n) is 14.9. The first-order chi connectivity index (χ1) is 19.0. The molecule has 0 amide bonds. The number of aliphatic hydroxyl groups is 1. The van der Waals surface area contributed by atoms with Gasteiger partial charge in [-0.05, 0) is 37.2 Å². The lowest BCUT2D eigenvalue weighted by atomic mass is 9.90. The van der Waals surface area contributed by atoms with Crippen molar-refractivity contribution in [2.45, 2.75) is 109 Å². The SMILES string of the molecule is C=C(CCCCCCCC[C@H]1C[C@H](n2cnc3c(=O)[nH]c(N)nc32)C(=C)[C@@H]1CO)OOCCCCCCCC. The normalized spacial score (nSPS) is 19.2. The number of nitrogen functional groups attached to an aromatic ring is 1. The molecular weight excluding hydrogens is 494 g/mol. The summed E-state index contributed by atoms with van der Waals surface area (Å²) >= 11 is 0. The van der Waals surface area contributed by atoms with Crippen LogP contribution in [0.25, 0.3) is 11.2 Å². The monoisotopic (exact) mass is 543 g/mol. The number of nitrogens with zero attached hydrogens (tertiary/aromatic N) is 3. The second kappa shape index (κ2) is 16.5. The van der Waals surface area contributed by atoms with Crippen LogP contribution in [-0.4, -0.2) is 37.8 Å². The number of unbranched alkanes of at least 4 members (excludes halogenated alkanes) is 10. The summed E-state index contributed by atoms with van der Waals surface area (Å²) < 4.78 is 1.89. The molecule has 2 heterocycles. The molecule has 2 aromatic heterocycles. The Morgan fingerprint density at radius 2 is 1.82 bits per heavy atom. The summed E-state index contributed by atoms with van der Waals surface area (Å²) in [5, 5.41) is 10.1. The van der Waals surface area contributed by atoms with E-state index < -0.39 is 0 Å². The number of aromatic nitrogens is 4. The fourth-order valence-corrected chi connectivity index (χ4v) is 5.74. The Bertz CT molecular complexity index is 1090. The number of aromatic amines is 1. The fraction of sp³-hybridized carbons (Fsp3) is 0.700. The lowest BCUT2D eigenvalue weighted by molar-refractivity contribution is -0.264. The maximum Gasteiger partial charge on any atom is 0.280 e. The Hall–Kier alpha value is -2.65. The average Bonchev–Trinajstić information content (AvgIpc) is 3.47. The van der Waals surface area contributed by atoms with Gasteiger partial charge in [0.05, 0.1) is 19.0 Å². The van der Waals surface area contributed by atoms with Gasteiger partial charge in [0.15, 0.2) is 11.2 Å². The predicted octanol–water partition coefficient (Wildman–Crippen LogP) is 6.37. The van der Waals surface area contributed by atoms with Crippen LogP contribution in [0.5, 0.6) is 0 Å². The minimum absolute atomic E-state index is 0.0427. The number of nitrogens with one attached hydrogen (secondary N) is 1. The average molecular weight is 544 g/mol. The van der Waals surface area contributed by atoms with Crippen molar-refractivity contribution < 1.29 is 14.9 Å². The van der Waals surface area contributed by atoms with Gasteiger partial charge in [0.25, 0.3) is 5.56 Å². The maximum absolute atomic E-state index is 12.2. The number of anilines is 1. The molecule has 1 aliphatic rings. The van der Waals surface area contributed by atoms with Crippen molar-refractivity contribution in [1.82, 2.24) is 19.5 Å². The zero-order valence-corrected chi connectivity index (χ0v) is 23.8. The lowest BCUT2D eigenvalue weighted by Gasteiger charge is -2.17. The number of aliphatic hydroxyl groups excluding tert-OH is 1. The van der Waals surface area contributed by atoms with Gasteiger partial charge in [0, 0.05) is 18.9 Å². The molecule has 39 heavy (non-hydrogen) atoms. The highest BCUT2D eigenvalue weighted by Crippen LogP contribution is 2.45. The van der Waals surface area contributed by atoms with Crippen LogP contribution in [0.4, 0.5) is 5.95 Å². The van der Waals surface area contributed by atoms with Crippen LogP contribution in [0.1, 0.15) is 109 Å². The predicted molar refractivity (Wildman–Crippen MR) is 156 cm³/mol. The van der Waals surface area contributed by atoms with E-state index in [1.54, 1.807) is 6.33 Å².